The molecule has 0 fully saturated rings. The molecule has 0 aromatic heterocycles. The van der Waals surface area contributed by atoms with E-state index in [9.17, 15) is 0 Å². The van der Waals surface area contributed by atoms with Crippen LogP contribution in [0.3, 0.4) is 0 Å². The lowest BCUT2D eigenvalue weighted by Crippen LogP contribution is -2.03. The quantitative estimate of drug-likeness (QED) is 0.121. The summed E-state index contributed by atoms with van der Waals surface area (Å²) in [7, 11) is 0. The molecule has 164 valence electrons. The number of halogens is 1. The van der Waals surface area contributed by atoms with E-state index in [1.807, 2.05) is 0 Å². The lowest BCUT2D eigenvalue weighted by Gasteiger charge is -2.11. The maximum absolute atomic E-state index is 2.66. The average molecular weight is 502 g/mol. The lowest BCUT2D eigenvalue weighted by atomic mass is 10.0. The van der Waals surface area contributed by atoms with Crippen LogP contribution >= 0.6 is 22.6 Å². The van der Waals surface area contributed by atoms with Gasteiger partial charge in [0.05, 0.1) is 0 Å². The van der Waals surface area contributed by atoms with Crippen LogP contribution in [-0.4, -0.2) is 3.92 Å². The molecule has 1 nitrogen and oxygen atoms in total. The largest absolute Gasteiger partial charge is 0.344 e. The molecule has 1 unspecified atom stereocenters. The van der Waals surface area contributed by atoms with Crippen LogP contribution in [0.1, 0.15) is 121 Å². The Hall–Kier alpha value is -0.0900. The van der Waals surface area contributed by atoms with Gasteiger partial charge in [-0.2, -0.15) is 0 Å². The van der Waals surface area contributed by atoms with Crippen LogP contribution in [0.2, 0.25) is 0 Å². The van der Waals surface area contributed by atoms with E-state index in [1.54, 1.807) is 0 Å². The molecular formula is C26H48IN. The topological polar surface area (TPSA) is 35.0 Å². The molecule has 1 atom stereocenters. The minimum absolute atomic E-state index is 0. The van der Waals surface area contributed by atoms with Crippen LogP contribution in [0, 0.1) is 6.92 Å². The third-order valence-electron chi connectivity index (χ3n) is 5.82. The van der Waals surface area contributed by atoms with E-state index in [-0.39, 0.29) is 6.15 Å². The van der Waals surface area contributed by atoms with Crippen LogP contribution in [0.5, 0.6) is 0 Å². The fraction of sp³-hybridized carbons (Fsp3) is 0.769. The molecule has 0 aliphatic rings. The maximum atomic E-state index is 2.66. The zero-order valence-corrected chi connectivity index (χ0v) is 21.2. The van der Waals surface area contributed by atoms with Crippen molar-refractivity contribution >= 4 is 22.6 Å². The SMILES string of the molecule is CCCCCCCCCCCCCCCCCC(I)Cc1ccccc1C.N. The van der Waals surface area contributed by atoms with Gasteiger partial charge in [0.25, 0.3) is 0 Å². The molecule has 1 aromatic rings. The van der Waals surface area contributed by atoms with E-state index >= 15 is 0 Å². The zero-order chi connectivity index (χ0) is 19.6. The van der Waals surface area contributed by atoms with Crippen molar-refractivity contribution in [3.63, 3.8) is 0 Å². The predicted octanol–water partition coefficient (Wildman–Crippen LogP) is 9.76. The summed E-state index contributed by atoms with van der Waals surface area (Å²) in [6.07, 6.45) is 24.4. The van der Waals surface area contributed by atoms with E-state index < -0.39 is 0 Å². The number of rotatable bonds is 18. The Morgan fingerprint density at radius 2 is 1.11 bits per heavy atom. The third-order valence-corrected chi connectivity index (χ3v) is 6.89. The van der Waals surface area contributed by atoms with Gasteiger partial charge in [0.15, 0.2) is 0 Å². The van der Waals surface area contributed by atoms with Crippen LogP contribution in [0.4, 0.5) is 0 Å². The van der Waals surface area contributed by atoms with Crippen molar-refractivity contribution in [2.45, 2.75) is 127 Å². The fourth-order valence-electron chi connectivity index (χ4n) is 3.92. The van der Waals surface area contributed by atoms with Crippen molar-refractivity contribution in [2.24, 2.45) is 0 Å². The molecule has 0 amide bonds. The van der Waals surface area contributed by atoms with E-state index in [4.69, 9.17) is 0 Å². The van der Waals surface area contributed by atoms with Crippen molar-refractivity contribution < 1.29 is 0 Å². The molecule has 3 N–H and O–H groups in total. The minimum atomic E-state index is 0. The summed E-state index contributed by atoms with van der Waals surface area (Å²) >= 11 is 2.66. The van der Waals surface area contributed by atoms with Gasteiger partial charge in [0.2, 0.25) is 0 Å². The second-order valence-corrected chi connectivity index (χ2v) is 10.2. The Morgan fingerprint density at radius 3 is 1.57 bits per heavy atom. The number of benzene rings is 1. The normalized spacial score (nSPS) is 12.0. The summed E-state index contributed by atoms with van der Waals surface area (Å²) in [6, 6.07) is 8.87. The van der Waals surface area contributed by atoms with Crippen LogP contribution in [0.25, 0.3) is 0 Å². The van der Waals surface area contributed by atoms with Crippen molar-refractivity contribution in [1.29, 1.82) is 0 Å². The molecule has 0 bridgehead atoms. The van der Waals surface area contributed by atoms with E-state index in [1.165, 1.54) is 120 Å². The Kier molecular flexibility index (Phi) is 20.1. The van der Waals surface area contributed by atoms with Gasteiger partial charge in [0, 0.05) is 3.92 Å². The molecule has 0 spiro atoms. The maximum Gasteiger partial charge on any atom is 0.0150 e. The smallest absolute Gasteiger partial charge is 0.0150 e. The highest BCUT2D eigenvalue weighted by Gasteiger charge is 2.07. The standard InChI is InChI=1S/C26H45I.H3N/c1-3-4-5-6-7-8-9-10-11-12-13-14-15-16-17-22-26(27)23-25-21-19-18-20-24(25)2;/h18-21,26H,3-17,22-23H2,1-2H3;1H3. The molecular weight excluding hydrogens is 453 g/mol. The lowest BCUT2D eigenvalue weighted by molar-refractivity contribution is 0.529. The summed E-state index contributed by atoms with van der Waals surface area (Å²) < 4.78 is 0.797. The van der Waals surface area contributed by atoms with E-state index in [0.29, 0.717) is 0 Å². The second kappa shape index (κ2) is 20.2. The van der Waals surface area contributed by atoms with Gasteiger partial charge < -0.3 is 6.15 Å². The Labute approximate surface area is 190 Å². The van der Waals surface area contributed by atoms with Gasteiger partial charge in [-0.05, 0) is 30.9 Å². The van der Waals surface area contributed by atoms with Gasteiger partial charge in [-0.25, -0.2) is 0 Å². The van der Waals surface area contributed by atoms with Gasteiger partial charge in [-0.15, -0.1) is 0 Å². The number of aryl methyl sites for hydroxylation is 1. The summed E-state index contributed by atoms with van der Waals surface area (Å²) in [5.74, 6) is 0. The minimum Gasteiger partial charge on any atom is -0.344 e. The summed E-state index contributed by atoms with van der Waals surface area (Å²) in [5, 5.41) is 0. The van der Waals surface area contributed by atoms with Crippen LogP contribution in [-0.2, 0) is 6.42 Å². The number of unbranched alkanes of at least 4 members (excludes halogenated alkanes) is 14. The Balaban J connectivity index is 0.00000729. The first-order valence-electron chi connectivity index (χ1n) is 11.9. The zero-order valence-electron chi connectivity index (χ0n) is 19.0. The average Bonchev–Trinajstić information content (AvgIpc) is 2.66. The molecule has 2 heteroatoms. The van der Waals surface area contributed by atoms with Crippen molar-refractivity contribution in [2.75, 3.05) is 0 Å². The van der Waals surface area contributed by atoms with Gasteiger partial charge >= 0.3 is 0 Å². The molecule has 0 saturated carbocycles. The van der Waals surface area contributed by atoms with Gasteiger partial charge in [0.1, 0.15) is 0 Å². The Bertz CT molecular complexity index is 446. The number of alkyl halides is 1. The van der Waals surface area contributed by atoms with Crippen molar-refractivity contribution in [1.82, 2.24) is 6.15 Å². The number of hydrogen-bond acceptors (Lipinski definition) is 1. The molecule has 0 aliphatic carbocycles. The van der Waals surface area contributed by atoms with E-state index in [0.717, 1.165) is 3.92 Å². The molecule has 28 heavy (non-hydrogen) atoms. The second-order valence-electron chi connectivity index (χ2n) is 8.47. The summed E-state index contributed by atoms with van der Waals surface area (Å²) in [4.78, 5) is 0. The first-order chi connectivity index (χ1) is 13.2. The molecule has 0 heterocycles. The molecule has 0 aliphatic heterocycles. The first-order valence-corrected chi connectivity index (χ1v) is 13.2. The van der Waals surface area contributed by atoms with Crippen molar-refractivity contribution in [3.8, 4) is 0 Å². The first kappa shape index (κ1) is 27.9. The predicted molar refractivity (Wildman–Crippen MR) is 137 cm³/mol. The van der Waals surface area contributed by atoms with Gasteiger partial charge in [-0.3, -0.25) is 0 Å². The summed E-state index contributed by atoms with van der Waals surface area (Å²) in [6.45, 7) is 4.54. The third kappa shape index (κ3) is 15.8. The monoisotopic (exact) mass is 501 g/mol. The van der Waals surface area contributed by atoms with Crippen LogP contribution < -0.4 is 6.15 Å². The highest BCUT2D eigenvalue weighted by molar-refractivity contribution is 14.1. The van der Waals surface area contributed by atoms with Crippen molar-refractivity contribution in [3.05, 3.63) is 35.4 Å². The number of hydrogen-bond donors (Lipinski definition) is 1. The molecule has 0 saturated heterocycles. The van der Waals surface area contributed by atoms with Gasteiger partial charge in [-0.1, -0.05) is 150 Å². The highest BCUT2D eigenvalue weighted by atomic mass is 127. The highest BCUT2D eigenvalue weighted by Crippen LogP contribution is 2.20. The molecule has 1 rings (SSSR count). The summed E-state index contributed by atoms with van der Waals surface area (Å²) in [5.41, 5.74) is 2.99. The molecule has 0 radical (unpaired) electrons. The fourth-order valence-corrected chi connectivity index (χ4v) is 4.83. The van der Waals surface area contributed by atoms with E-state index in [2.05, 4.69) is 60.7 Å². The Morgan fingerprint density at radius 1 is 0.679 bits per heavy atom. The van der Waals surface area contributed by atoms with Crippen LogP contribution in [0.15, 0.2) is 24.3 Å². The molecule has 1 aromatic carbocycles.